The van der Waals surface area contributed by atoms with Gasteiger partial charge in [0.1, 0.15) is 5.58 Å². The lowest BCUT2D eigenvalue weighted by Crippen LogP contribution is -2.36. The molecule has 29 heavy (non-hydrogen) atoms. The van der Waals surface area contributed by atoms with Crippen LogP contribution >= 0.6 is 0 Å². The van der Waals surface area contributed by atoms with E-state index in [9.17, 15) is 9.59 Å². The van der Waals surface area contributed by atoms with Crippen LogP contribution in [0.15, 0.2) is 45.6 Å². The van der Waals surface area contributed by atoms with Crippen LogP contribution in [-0.2, 0) is 4.79 Å². The summed E-state index contributed by atoms with van der Waals surface area (Å²) in [6.07, 6.45) is 0.816. The summed E-state index contributed by atoms with van der Waals surface area (Å²) in [5.41, 5.74) is 3.90. The van der Waals surface area contributed by atoms with Crippen molar-refractivity contribution >= 4 is 16.9 Å². The first-order chi connectivity index (χ1) is 13.8. The number of nitrogens with one attached hydrogen (secondary N) is 1. The largest absolute Gasteiger partial charge is 0.476 e. The molecule has 1 aromatic heterocycles. The first-order valence-electron chi connectivity index (χ1n) is 9.87. The summed E-state index contributed by atoms with van der Waals surface area (Å²) in [6.45, 7) is 9.49. The molecule has 5 nitrogen and oxygen atoms in total. The molecule has 0 saturated carbocycles. The molecule has 0 fully saturated rings. The van der Waals surface area contributed by atoms with Crippen LogP contribution in [0.3, 0.4) is 0 Å². The Balaban J connectivity index is 2.11. The van der Waals surface area contributed by atoms with Gasteiger partial charge >= 0.3 is 0 Å². The maximum absolute atomic E-state index is 13.3. The van der Waals surface area contributed by atoms with Gasteiger partial charge in [-0.25, -0.2) is 0 Å². The summed E-state index contributed by atoms with van der Waals surface area (Å²) in [7, 11) is 0. The van der Waals surface area contributed by atoms with E-state index < -0.39 is 0 Å². The Labute approximate surface area is 170 Å². The molecule has 0 bridgehead atoms. The smallest absolute Gasteiger partial charge is 0.258 e. The van der Waals surface area contributed by atoms with Gasteiger partial charge in [0.2, 0.25) is 11.2 Å². The molecule has 3 aromatic rings. The highest BCUT2D eigenvalue weighted by molar-refractivity contribution is 5.86. The van der Waals surface area contributed by atoms with E-state index in [2.05, 4.69) is 5.32 Å². The highest BCUT2D eigenvalue weighted by atomic mass is 16.5. The maximum Gasteiger partial charge on any atom is 0.258 e. The van der Waals surface area contributed by atoms with Crippen LogP contribution in [0.4, 0.5) is 0 Å². The molecule has 1 atom stereocenters. The summed E-state index contributed by atoms with van der Waals surface area (Å²) in [4.78, 5) is 25.5. The summed E-state index contributed by atoms with van der Waals surface area (Å²) in [5, 5.41) is 3.32. The van der Waals surface area contributed by atoms with Crippen LogP contribution in [0.1, 0.15) is 37.0 Å². The van der Waals surface area contributed by atoms with Gasteiger partial charge in [0, 0.05) is 11.6 Å². The number of amides is 1. The highest BCUT2D eigenvalue weighted by Crippen LogP contribution is 2.32. The standard InChI is InChI=1S/C24H27NO4/c1-6-17(5)25-20(26)13-28-24-22(27)21-16(4)11-15(3)12-19(21)29-23(24)18-9-7-14(2)8-10-18/h7-12,17H,6,13H2,1-5H3,(H,25,26)/t17-/m0/s1. The number of carbonyl (C=O) groups excluding carboxylic acids is 1. The molecule has 0 spiro atoms. The Hall–Kier alpha value is -3.08. The lowest BCUT2D eigenvalue weighted by atomic mass is 10.0. The van der Waals surface area contributed by atoms with E-state index in [1.54, 1.807) is 0 Å². The molecule has 1 amide bonds. The summed E-state index contributed by atoms with van der Waals surface area (Å²) < 4.78 is 11.9. The summed E-state index contributed by atoms with van der Waals surface area (Å²) in [5.74, 6) is 0.130. The quantitative estimate of drug-likeness (QED) is 0.660. The minimum Gasteiger partial charge on any atom is -0.476 e. The fraction of sp³-hybridized carbons (Fsp3) is 0.333. The predicted octanol–water partition coefficient (Wildman–Crippen LogP) is 4.68. The van der Waals surface area contributed by atoms with Gasteiger partial charge in [-0.15, -0.1) is 0 Å². The van der Waals surface area contributed by atoms with Gasteiger partial charge in [0.05, 0.1) is 5.39 Å². The number of hydrogen-bond donors (Lipinski definition) is 1. The second kappa shape index (κ2) is 8.52. The number of aryl methyl sites for hydroxylation is 3. The number of rotatable bonds is 6. The Morgan fingerprint density at radius 1 is 1.10 bits per heavy atom. The van der Waals surface area contributed by atoms with Crippen LogP contribution in [-0.4, -0.2) is 18.6 Å². The van der Waals surface area contributed by atoms with Gasteiger partial charge in [0.15, 0.2) is 12.4 Å². The van der Waals surface area contributed by atoms with Crippen LogP contribution in [0.2, 0.25) is 0 Å². The molecule has 0 aliphatic rings. The molecule has 152 valence electrons. The van der Waals surface area contributed by atoms with Crippen molar-refractivity contribution < 1.29 is 13.9 Å². The van der Waals surface area contributed by atoms with Crippen LogP contribution in [0.5, 0.6) is 5.75 Å². The molecule has 1 heterocycles. The monoisotopic (exact) mass is 393 g/mol. The highest BCUT2D eigenvalue weighted by Gasteiger charge is 2.20. The molecular formula is C24H27NO4. The molecule has 2 aromatic carbocycles. The molecule has 0 radical (unpaired) electrons. The zero-order chi connectivity index (χ0) is 21.1. The van der Waals surface area contributed by atoms with E-state index in [-0.39, 0.29) is 29.7 Å². The molecule has 0 unspecified atom stereocenters. The average molecular weight is 393 g/mol. The summed E-state index contributed by atoms with van der Waals surface area (Å²) >= 11 is 0. The zero-order valence-electron chi connectivity index (χ0n) is 17.6. The van der Waals surface area contributed by atoms with Crippen molar-refractivity contribution in [1.82, 2.24) is 5.32 Å². The molecule has 1 N–H and O–H groups in total. The fourth-order valence-electron chi connectivity index (χ4n) is 3.26. The normalized spacial score (nSPS) is 12.0. The fourth-order valence-corrected chi connectivity index (χ4v) is 3.26. The van der Waals surface area contributed by atoms with E-state index in [0.29, 0.717) is 16.7 Å². The van der Waals surface area contributed by atoms with Crippen molar-refractivity contribution in [2.75, 3.05) is 6.61 Å². The average Bonchev–Trinajstić information content (AvgIpc) is 2.66. The lowest BCUT2D eigenvalue weighted by molar-refractivity contribution is -0.123. The van der Waals surface area contributed by atoms with Crippen LogP contribution in [0, 0.1) is 20.8 Å². The van der Waals surface area contributed by atoms with Crippen molar-refractivity contribution in [2.24, 2.45) is 0 Å². The Morgan fingerprint density at radius 2 is 1.79 bits per heavy atom. The van der Waals surface area contributed by atoms with Gasteiger partial charge < -0.3 is 14.5 Å². The Kier molecular flexibility index (Phi) is 6.06. The van der Waals surface area contributed by atoms with Crippen molar-refractivity contribution in [3.8, 4) is 17.1 Å². The minimum absolute atomic E-state index is 0.0425. The molecule has 3 rings (SSSR count). The zero-order valence-corrected chi connectivity index (χ0v) is 17.6. The number of carbonyl (C=O) groups is 1. The molecule has 0 saturated heterocycles. The van der Waals surface area contributed by atoms with Gasteiger partial charge in [-0.1, -0.05) is 42.8 Å². The number of benzene rings is 2. The SMILES string of the molecule is CC[C@H](C)NC(=O)COc1c(-c2ccc(C)cc2)oc2cc(C)cc(C)c2c1=O. The Bertz CT molecular complexity index is 1100. The lowest BCUT2D eigenvalue weighted by Gasteiger charge is -2.15. The molecule has 0 aliphatic heterocycles. The number of ether oxygens (including phenoxy) is 1. The van der Waals surface area contributed by atoms with Crippen LogP contribution < -0.4 is 15.5 Å². The summed E-state index contributed by atoms with van der Waals surface area (Å²) in [6, 6.07) is 11.5. The first kappa shape index (κ1) is 20.6. The maximum atomic E-state index is 13.3. The third-order valence-electron chi connectivity index (χ3n) is 4.98. The predicted molar refractivity (Wildman–Crippen MR) is 116 cm³/mol. The molecular weight excluding hydrogens is 366 g/mol. The van der Waals surface area contributed by atoms with E-state index in [1.165, 1.54) is 0 Å². The van der Waals surface area contributed by atoms with E-state index in [0.717, 1.165) is 28.7 Å². The van der Waals surface area contributed by atoms with Gasteiger partial charge in [-0.3, -0.25) is 9.59 Å². The second-order valence-corrected chi connectivity index (χ2v) is 7.58. The topological polar surface area (TPSA) is 68.5 Å². The van der Waals surface area contributed by atoms with Gasteiger partial charge in [0.25, 0.3) is 5.91 Å². The minimum atomic E-state index is -0.269. The van der Waals surface area contributed by atoms with Crippen molar-refractivity contribution in [1.29, 1.82) is 0 Å². The van der Waals surface area contributed by atoms with Gasteiger partial charge in [-0.2, -0.15) is 0 Å². The van der Waals surface area contributed by atoms with Gasteiger partial charge in [-0.05, 0) is 51.3 Å². The van der Waals surface area contributed by atoms with Crippen molar-refractivity contribution in [2.45, 2.75) is 47.1 Å². The molecule has 0 aliphatic carbocycles. The third-order valence-corrected chi connectivity index (χ3v) is 4.98. The molecule has 5 heteroatoms. The van der Waals surface area contributed by atoms with Crippen molar-refractivity contribution in [3.63, 3.8) is 0 Å². The third kappa shape index (κ3) is 4.50. The number of fused-ring (bicyclic) bond motifs is 1. The second-order valence-electron chi connectivity index (χ2n) is 7.58. The van der Waals surface area contributed by atoms with E-state index >= 15 is 0 Å². The van der Waals surface area contributed by atoms with Crippen molar-refractivity contribution in [3.05, 3.63) is 63.3 Å². The first-order valence-corrected chi connectivity index (χ1v) is 9.87. The Morgan fingerprint density at radius 3 is 2.45 bits per heavy atom. The van der Waals surface area contributed by atoms with Crippen LogP contribution in [0.25, 0.3) is 22.3 Å². The number of hydrogen-bond acceptors (Lipinski definition) is 4. The van der Waals surface area contributed by atoms with E-state index in [1.807, 2.05) is 71.0 Å². The van der Waals surface area contributed by atoms with E-state index in [4.69, 9.17) is 9.15 Å².